The van der Waals surface area contributed by atoms with E-state index in [0.717, 1.165) is 23.3 Å². The van der Waals surface area contributed by atoms with Crippen LogP contribution in [0.2, 0.25) is 0 Å². The molecule has 3 heteroatoms. The van der Waals surface area contributed by atoms with Gasteiger partial charge in [-0.15, -0.1) is 0 Å². The zero-order valence-electron chi connectivity index (χ0n) is 14.7. The number of phenols is 2. The van der Waals surface area contributed by atoms with E-state index in [4.69, 9.17) is 4.74 Å². The number of aryl methyl sites for hydroxylation is 1. The van der Waals surface area contributed by atoms with Crippen LogP contribution >= 0.6 is 0 Å². The second kappa shape index (κ2) is 6.75. The molecule has 132 valence electrons. The van der Waals surface area contributed by atoms with Gasteiger partial charge in [-0.1, -0.05) is 49.4 Å². The van der Waals surface area contributed by atoms with Crippen LogP contribution in [0.4, 0.5) is 0 Å². The Balaban J connectivity index is 1.82. The number of aromatic hydroxyl groups is 2. The fourth-order valence-corrected chi connectivity index (χ4v) is 3.78. The molecule has 1 aliphatic heterocycles. The van der Waals surface area contributed by atoms with Gasteiger partial charge in [-0.3, -0.25) is 0 Å². The van der Waals surface area contributed by atoms with Gasteiger partial charge in [0.05, 0.1) is 6.61 Å². The van der Waals surface area contributed by atoms with Crippen LogP contribution in [0.1, 0.15) is 41.0 Å². The molecule has 3 aromatic rings. The third-order valence-corrected chi connectivity index (χ3v) is 5.22. The fraction of sp³-hybridized carbons (Fsp3) is 0.217. The Hall–Kier alpha value is -2.94. The summed E-state index contributed by atoms with van der Waals surface area (Å²) in [6.45, 7) is 2.68. The monoisotopic (exact) mass is 346 g/mol. The lowest BCUT2D eigenvalue weighted by atomic mass is 9.75. The van der Waals surface area contributed by atoms with Crippen molar-refractivity contribution in [2.75, 3.05) is 6.61 Å². The highest BCUT2D eigenvalue weighted by Crippen LogP contribution is 2.47. The second-order valence-corrected chi connectivity index (χ2v) is 6.80. The molecule has 2 unspecified atom stereocenters. The van der Waals surface area contributed by atoms with Gasteiger partial charge >= 0.3 is 0 Å². The maximum Gasteiger partial charge on any atom is 0.126 e. The molecule has 3 nitrogen and oxygen atoms in total. The predicted octanol–water partition coefficient (Wildman–Crippen LogP) is 4.97. The van der Waals surface area contributed by atoms with E-state index in [-0.39, 0.29) is 23.3 Å². The van der Waals surface area contributed by atoms with Crippen LogP contribution in [0.3, 0.4) is 0 Å². The molecule has 0 amide bonds. The Bertz CT molecular complexity index is 898. The molecule has 1 aliphatic rings. The highest BCUT2D eigenvalue weighted by atomic mass is 16.5. The molecule has 0 fully saturated rings. The van der Waals surface area contributed by atoms with E-state index in [2.05, 4.69) is 31.2 Å². The molecule has 0 aromatic heterocycles. The molecular formula is C23H22O3. The van der Waals surface area contributed by atoms with Gasteiger partial charge in [-0.05, 0) is 41.3 Å². The normalized spacial score (nSPS) is 18.8. The molecular weight excluding hydrogens is 324 g/mol. The Labute approximate surface area is 153 Å². The fourth-order valence-electron chi connectivity index (χ4n) is 3.78. The predicted molar refractivity (Wildman–Crippen MR) is 102 cm³/mol. The summed E-state index contributed by atoms with van der Waals surface area (Å²) < 4.78 is 5.98. The first-order valence-corrected chi connectivity index (χ1v) is 8.99. The molecule has 0 aliphatic carbocycles. The summed E-state index contributed by atoms with van der Waals surface area (Å²) in [4.78, 5) is 0. The molecule has 2 atom stereocenters. The first-order valence-electron chi connectivity index (χ1n) is 8.99. The summed E-state index contributed by atoms with van der Waals surface area (Å²) >= 11 is 0. The number of benzene rings is 3. The summed E-state index contributed by atoms with van der Waals surface area (Å²) in [7, 11) is 0. The molecule has 0 spiro atoms. The van der Waals surface area contributed by atoms with E-state index in [1.807, 2.05) is 18.2 Å². The summed E-state index contributed by atoms with van der Waals surface area (Å²) in [6, 6.07) is 21.5. The van der Waals surface area contributed by atoms with Crippen molar-refractivity contribution in [3.8, 4) is 17.2 Å². The van der Waals surface area contributed by atoms with Gasteiger partial charge in [-0.25, -0.2) is 0 Å². The van der Waals surface area contributed by atoms with E-state index in [0.29, 0.717) is 6.61 Å². The third kappa shape index (κ3) is 3.01. The van der Waals surface area contributed by atoms with Crippen molar-refractivity contribution in [1.82, 2.24) is 0 Å². The van der Waals surface area contributed by atoms with Gasteiger partial charge in [-0.2, -0.15) is 0 Å². The third-order valence-electron chi connectivity index (χ3n) is 5.22. The average molecular weight is 346 g/mol. The minimum atomic E-state index is 0.134. The summed E-state index contributed by atoms with van der Waals surface area (Å²) in [6.07, 6.45) is 1.01. The largest absolute Gasteiger partial charge is 0.508 e. The lowest BCUT2D eigenvalue weighted by Crippen LogP contribution is -2.25. The average Bonchev–Trinajstić information content (AvgIpc) is 2.68. The molecule has 4 rings (SSSR count). The number of ether oxygens (including phenoxy) is 1. The van der Waals surface area contributed by atoms with Crippen molar-refractivity contribution >= 4 is 0 Å². The second-order valence-electron chi connectivity index (χ2n) is 6.80. The maximum atomic E-state index is 9.82. The minimum absolute atomic E-state index is 0.134. The lowest BCUT2D eigenvalue weighted by Gasteiger charge is -2.34. The van der Waals surface area contributed by atoms with Crippen LogP contribution in [0.5, 0.6) is 17.2 Å². The van der Waals surface area contributed by atoms with E-state index < -0.39 is 0 Å². The summed E-state index contributed by atoms with van der Waals surface area (Å²) in [5.74, 6) is 1.49. The molecule has 26 heavy (non-hydrogen) atoms. The van der Waals surface area contributed by atoms with Crippen molar-refractivity contribution in [3.63, 3.8) is 0 Å². The van der Waals surface area contributed by atoms with Crippen molar-refractivity contribution in [3.05, 3.63) is 89.0 Å². The van der Waals surface area contributed by atoms with Gasteiger partial charge in [0, 0.05) is 23.5 Å². The zero-order chi connectivity index (χ0) is 18.1. The van der Waals surface area contributed by atoms with E-state index >= 15 is 0 Å². The van der Waals surface area contributed by atoms with Crippen LogP contribution in [0.15, 0.2) is 66.7 Å². The van der Waals surface area contributed by atoms with E-state index in [9.17, 15) is 10.2 Å². The van der Waals surface area contributed by atoms with Gasteiger partial charge < -0.3 is 14.9 Å². The van der Waals surface area contributed by atoms with Crippen molar-refractivity contribution < 1.29 is 14.9 Å². The Morgan fingerprint density at radius 1 is 0.846 bits per heavy atom. The van der Waals surface area contributed by atoms with Crippen LogP contribution in [0.25, 0.3) is 0 Å². The van der Waals surface area contributed by atoms with Crippen LogP contribution in [-0.4, -0.2) is 16.8 Å². The maximum absolute atomic E-state index is 9.82. The zero-order valence-corrected chi connectivity index (χ0v) is 14.7. The Morgan fingerprint density at radius 2 is 1.50 bits per heavy atom. The number of fused-ring (bicyclic) bond motifs is 1. The molecule has 0 saturated heterocycles. The molecule has 1 heterocycles. The standard InChI is InChI=1S/C23H22O3/c1-2-15-3-5-17(6-4-15)23-20-12-11-19(25)13-22(20)26-14-21(23)16-7-9-18(24)10-8-16/h3-13,21,23-25H,2,14H2,1H3. The molecule has 2 N–H and O–H groups in total. The smallest absolute Gasteiger partial charge is 0.126 e. The minimum Gasteiger partial charge on any atom is -0.508 e. The number of rotatable bonds is 3. The first kappa shape index (κ1) is 16.5. The van der Waals surface area contributed by atoms with Gasteiger partial charge in [0.2, 0.25) is 0 Å². The first-order chi connectivity index (χ1) is 12.7. The lowest BCUT2D eigenvalue weighted by molar-refractivity contribution is 0.247. The molecule has 0 radical (unpaired) electrons. The SMILES string of the molecule is CCc1ccc(C2c3ccc(O)cc3OCC2c2ccc(O)cc2)cc1. The summed E-state index contributed by atoms with van der Waals surface area (Å²) in [5, 5.41) is 19.4. The Morgan fingerprint density at radius 3 is 2.19 bits per heavy atom. The number of hydrogen-bond acceptors (Lipinski definition) is 3. The van der Waals surface area contributed by atoms with Crippen molar-refractivity contribution in [2.24, 2.45) is 0 Å². The molecule has 3 aromatic carbocycles. The Kier molecular flexibility index (Phi) is 4.29. The quantitative estimate of drug-likeness (QED) is 0.704. The van der Waals surface area contributed by atoms with Gasteiger partial charge in [0.25, 0.3) is 0 Å². The van der Waals surface area contributed by atoms with Gasteiger partial charge in [0.1, 0.15) is 17.2 Å². The topological polar surface area (TPSA) is 49.7 Å². The van der Waals surface area contributed by atoms with Crippen molar-refractivity contribution in [1.29, 1.82) is 0 Å². The number of hydrogen-bond donors (Lipinski definition) is 2. The van der Waals surface area contributed by atoms with E-state index in [1.54, 1.807) is 24.3 Å². The highest BCUT2D eigenvalue weighted by Gasteiger charge is 2.33. The molecule has 0 bridgehead atoms. The molecule has 0 saturated carbocycles. The van der Waals surface area contributed by atoms with Crippen LogP contribution < -0.4 is 4.74 Å². The van der Waals surface area contributed by atoms with Crippen molar-refractivity contribution in [2.45, 2.75) is 25.2 Å². The highest BCUT2D eigenvalue weighted by molar-refractivity contribution is 5.50. The summed E-state index contributed by atoms with van der Waals surface area (Å²) in [5.41, 5.74) is 4.76. The van der Waals surface area contributed by atoms with Gasteiger partial charge in [0.15, 0.2) is 0 Å². The van der Waals surface area contributed by atoms with E-state index in [1.165, 1.54) is 11.1 Å². The van der Waals surface area contributed by atoms with Crippen LogP contribution in [0, 0.1) is 0 Å². The van der Waals surface area contributed by atoms with Crippen LogP contribution in [-0.2, 0) is 6.42 Å². The number of phenolic OH excluding ortho intramolecular Hbond substituents is 2.